The SMILES string of the molecule is CCCCCCCCCc1ccc2c(CCCCCCCCC)ccc(S(=O)(=O)O)c2c1. The molecular weight excluding hydrogens is 416 g/mol. The summed E-state index contributed by atoms with van der Waals surface area (Å²) in [5, 5.41) is 1.64. The zero-order valence-electron chi connectivity index (χ0n) is 20.4. The fourth-order valence-electron chi connectivity index (χ4n) is 4.59. The monoisotopic (exact) mass is 460 g/mol. The van der Waals surface area contributed by atoms with E-state index in [1.807, 2.05) is 12.1 Å². The highest BCUT2D eigenvalue weighted by Gasteiger charge is 2.16. The molecule has 0 saturated heterocycles. The summed E-state index contributed by atoms with van der Waals surface area (Å²) in [7, 11) is -4.24. The smallest absolute Gasteiger partial charge is 0.282 e. The van der Waals surface area contributed by atoms with Crippen molar-refractivity contribution in [1.82, 2.24) is 0 Å². The van der Waals surface area contributed by atoms with Crippen LogP contribution in [0.1, 0.15) is 115 Å². The maximum Gasteiger partial charge on any atom is 0.295 e. The quantitative estimate of drug-likeness (QED) is 0.190. The Kier molecular flexibility index (Phi) is 12.3. The Morgan fingerprint density at radius 2 is 1.16 bits per heavy atom. The van der Waals surface area contributed by atoms with Crippen LogP contribution in [0.3, 0.4) is 0 Å². The van der Waals surface area contributed by atoms with Gasteiger partial charge in [-0.25, -0.2) is 0 Å². The van der Waals surface area contributed by atoms with Crippen molar-refractivity contribution < 1.29 is 13.0 Å². The zero-order chi connectivity index (χ0) is 23.2. The Labute approximate surface area is 196 Å². The van der Waals surface area contributed by atoms with E-state index in [2.05, 4.69) is 26.0 Å². The van der Waals surface area contributed by atoms with Crippen LogP contribution in [-0.4, -0.2) is 13.0 Å². The summed E-state index contributed by atoms with van der Waals surface area (Å²) in [5.41, 5.74) is 2.34. The summed E-state index contributed by atoms with van der Waals surface area (Å²) in [6.07, 6.45) is 19.6. The summed E-state index contributed by atoms with van der Waals surface area (Å²) in [4.78, 5) is 0.0391. The van der Waals surface area contributed by atoms with Gasteiger partial charge in [-0.05, 0) is 54.3 Å². The van der Waals surface area contributed by atoms with Crippen molar-refractivity contribution in [2.24, 2.45) is 0 Å². The molecule has 0 aliphatic carbocycles. The summed E-state index contributed by atoms with van der Waals surface area (Å²) in [6, 6.07) is 9.67. The van der Waals surface area contributed by atoms with Crippen molar-refractivity contribution >= 4 is 20.9 Å². The van der Waals surface area contributed by atoms with E-state index in [9.17, 15) is 13.0 Å². The molecule has 0 atom stereocenters. The zero-order valence-corrected chi connectivity index (χ0v) is 21.2. The number of hydrogen-bond acceptors (Lipinski definition) is 2. The van der Waals surface area contributed by atoms with Gasteiger partial charge in [-0.3, -0.25) is 4.55 Å². The predicted molar refractivity (Wildman–Crippen MR) is 137 cm³/mol. The second-order valence-electron chi connectivity index (χ2n) is 9.32. The van der Waals surface area contributed by atoms with E-state index >= 15 is 0 Å². The minimum Gasteiger partial charge on any atom is -0.282 e. The van der Waals surface area contributed by atoms with Crippen molar-refractivity contribution in [3.63, 3.8) is 0 Å². The van der Waals surface area contributed by atoms with Gasteiger partial charge in [0.1, 0.15) is 4.90 Å². The van der Waals surface area contributed by atoms with Gasteiger partial charge >= 0.3 is 0 Å². The molecule has 1 N–H and O–H groups in total. The molecule has 0 fully saturated rings. The fraction of sp³-hybridized carbons (Fsp3) is 0.643. The summed E-state index contributed by atoms with van der Waals surface area (Å²) in [6.45, 7) is 4.47. The number of fused-ring (bicyclic) bond motifs is 1. The lowest BCUT2D eigenvalue weighted by Crippen LogP contribution is -2.01. The van der Waals surface area contributed by atoms with Gasteiger partial charge in [0.05, 0.1) is 0 Å². The van der Waals surface area contributed by atoms with Crippen molar-refractivity contribution in [2.75, 3.05) is 0 Å². The molecule has 0 bridgehead atoms. The first-order valence-electron chi connectivity index (χ1n) is 13.0. The molecule has 32 heavy (non-hydrogen) atoms. The van der Waals surface area contributed by atoms with E-state index in [0.717, 1.165) is 36.6 Å². The summed E-state index contributed by atoms with van der Waals surface area (Å²) >= 11 is 0. The van der Waals surface area contributed by atoms with Crippen LogP contribution in [0.2, 0.25) is 0 Å². The Morgan fingerprint density at radius 3 is 1.72 bits per heavy atom. The van der Waals surface area contributed by atoms with Crippen LogP contribution in [0, 0.1) is 0 Å². The standard InChI is InChI=1S/C28H44O3S/c1-3-5-7-9-11-13-15-17-24-19-21-26-25(18-16-14-12-10-8-6-4-2)20-22-28(27(26)23-24)32(29,30)31/h19-23H,3-18H2,1-2H3,(H,29,30,31). The third-order valence-electron chi connectivity index (χ3n) is 6.53. The van der Waals surface area contributed by atoms with Crippen LogP contribution < -0.4 is 0 Å². The van der Waals surface area contributed by atoms with Crippen molar-refractivity contribution in [1.29, 1.82) is 0 Å². The van der Waals surface area contributed by atoms with E-state index in [0.29, 0.717) is 5.39 Å². The van der Waals surface area contributed by atoms with Crippen LogP contribution in [0.25, 0.3) is 10.8 Å². The molecule has 2 aromatic rings. The molecule has 0 spiro atoms. The molecule has 3 nitrogen and oxygen atoms in total. The Bertz CT molecular complexity index is 902. The maximum atomic E-state index is 12.0. The van der Waals surface area contributed by atoms with Crippen molar-refractivity contribution in [3.8, 4) is 0 Å². The fourth-order valence-corrected chi connectivity index (χ4v) is 5.28. The van der Waals surface area contributed by atoms with E-state index in [4.69, 9.17) is 0 Å². The number of hydrogen-bond donors (Lipinski definition) is 1. The highest BCUT2D eigenvalue weighted by molar-refractivity contribution is 7.86. The van der Waals surface area contributed by atoms with Gasteiger partial charge in [-0.1, -0.05) is 109 Å². The van der Waals surface area contributed by atoms with E-state index < -0.39 is 10.1 Å². The number of rotatable bonds is 17. The van der Waals surface area contributed by atoms with Gasteiger partial charge in [0.2, 0.25) is 0 Å². The summed E-state index contributed by atoms with van der Waals surface area (Å²) in [5.74, 6) is 0. The second kappa shape index (κ2) is 14.7. The number of aryl methyl sites for hydroxylation is 2. The van der Waals surface area contributed by atoms with Crippen LogP contribution in [-0.2, 0) is 23.0 Å². The van der Waals surface area contributed by atoms with Crippen LogP contribution in [0.15, 0.2) is 35.2 Å². The van der Waals surface area contributed by atoms with Gasteiger partial charge in [-0.2, -0.15) is 8.42 Å². The largest absolute Gasteiger partial charge is 0.295 e. The first-order chi connectivity index (χ1) is 15.5. The van der Waals surface area contributed by atoms with E-state index in [1.165, 1.54) is 82.6 Å². The average Bonchev–Trinajstić information content (AvgIpc) is 2.76. The molecule has 4 heteroatoms. The lowest BCUT2D eigenvalue weighted by Gasteiger charge is -2.12. The molecule has 0 unspecified atom stereocenters. The van der Waals surface area contributed by atoms with Crippen LogP contribution >= 0.6 is 0 Å². The molecule has 2 rings (SSSR count). The molecule has 0 aliphatic heterocycles. The van der Waals surface area contributed by atoms with Gasteiger partial charge < -0.3 is 0 Å². The van der Waals surface area contributed by atoms with Gasteiger partial charge in [-0.15, -0.1) is 0 Å². The Hall–Kier alpha value is -1.39. The number of unbranched alkanes of at least 4 members (excludes halogenated alkanes) is 12. The van der Waals surface area contributed by atoms with Gasteiger partial charge in [0.15, 0.2) is 0 Å². The van der Waals surface area contributed by atoms with E-state index in [-0.39, 0.29) is 4.90 Å². The third-order valence-corrected chi connectivity index (χ3v) is 7.44. The Morgan fingerprint density at radius 1 is 0.625 bits per heavy atom. The average molecular weight is 461 g/mol. The third kappa shape index (κ3) is 9.23. The highest BCUT2D eigenvalue weighted by atomic mass is 32.2. The molecule has 0 saturated carbocycles. The molecule has 0 aromatic heterocycles. The van der Waals surface area contributed by atoms with Crippen molar-refractivity contribution in [2.45, 2.75) is 121 Å². The lowest BCUT2D eigenvalue weighted by molar-refractivity contribution is 0.484. The number of benzene rings is 2. The minimum atomic E-state index is -4.24. The first kappa shape index (κ1) is 26.9. The maximum absolute atomic E-state index is 12.0. The first-order valence-corrected chi connectivity index (χ1v) is 14.4. The van der Waals surface area contributed by atoms with Crippen LogP contribution in [0.5, 0.6) is 0 Å². The molecule has 180 valence electrons. The molecule has 0 aliphatic rings. The predicted octanol–water partition coefficient (Wildman–Crippen LogP) is 8.67. The van der Waals surface area contributed by atoms with Gasteiger partial charge in [0, 0.05) is 5.39 Å². The molecule has 0 heterocycles. The van der Waals surface area contributed by atoms with Crippen molar-refractivity contribution in [3.05, 3.63) is 41.5 Å². The van der Waals surface area contributed by atoms with E-state index in [1.54, 1.807) is 6.07 Å². The molecule has 0 amide bonds. The van der Waals surface area contributed by atoms with Gasteiger partial charge in [0.25, 0.3) is 10.1 Å². The molecule has 0 radical (unpaired) electrons. The minimum absolute atomic E-state index is 0.0391. The lowest BCUT2D eigenvalue weighted by atomic mass is 9.96. The molecular formula is C28H44O3S. The van der Waals surface area contributed by atoms with Crippen LogP contribution in [0.4, 0.5) is 0 Å². The Balaban J connectivity index is 2.02. The topological polar surface area (TPSA) is 54.4 Å². The molecule has 2 aromatic carbocycles. The normalized spacial score (nSPS) is 12.0. The summed E-state index contributed by atoms with van der Waals surface area (Å²) < 4.78 is 33.8. The highest BCUT2D eigenvalue weighted by Crippen LogP contribution is 2.29. The second-order valence-corrected chi connectivity index (χ2v) is 10.7.